The van der Waals surface area contributed by atoms with Gasteiger partial charge in [0.15, 0.2) is 5.82 Å². The number of rotatable bonds is 5. The molecule has 1 aromatic carbocycles. The number of amidine groups is 1. The molecular formula is C23H30N8O2. The van der Waals surface area contributed by atoms with Crippen molar-refractivity contribution >= 4 is 23.4 Å². The summed E-state index contributed by atoms with van der Waals surface area (Å²) in [5.74, 6) is 1.78. The Bertz CT molecular complexity index is 1070. The SMILES string of the molecule is CN/C=C\C(N)=N/C(=O)Nc1ccc(-c2nc3c(c(N4CCOCC4C)n2)CN(C)C3)cc1. The molecule has 174 valence electrons. The van der Waals surface area contributed by atoms with Gasteiger partial charge in [-0.25, -0.2) is 14.8 Å². The minimum absolute atomic E-state index is 0.111. The van der Waals surface area contributed by atoms with Gasteiger partial charge in [-0.05, 0) is 50.5 Å². The average Bonchev–Trinajstić information content (AvgIpc) is 3.18. The van der Waals surface area contributed by atoms with E-state index in [0.717, 1.165) is 36.7 Å². The number of morpholine rings is 1. The van der Waals surface area contributed by atoms with Crippen LogP contribution in [0.3, 0.4) is 0 Å². The highest BCUT2D eigenvalue weighted by Gasteiger charge is 2.29. The summed E-state index contributed by atoms with van der Waals surface area (Å²) in [7, 11) is 3.83. The molecule has 0 bridgehead atoms. The van der Waals surface area contributed by atoms with Gasteiger partial charge in [-0.3, -0.25) is 4.90 Å². The molecule has 1 unspecified atom stereocenters. The van der Waals surface area contributed by atoms with E-state index in [0.29, 0.717) is 24.7 Å². The second kappa shape index (κ2) is 9.97. The number of nitrogens with one attached hydrogen (secondary N) is 2. The Morgan fingerprint density at radius 2 is 2.06 bits per heavy atom. The molecule has 0 spiro atoms. The van der Waals surface area contributed by atoms with Crippen molar-refractivity contribution in [1.82, 2.24) is 20.2 Å². The third-order valence-electron chi connectivity index (χ3n) is 5.60. The molecule has 10 nitrogen and oxygen atoms in total. The van der Waals surface area contributed by atoms with Crippen LogP contribution in [-0.4, -0.2) is 66.6 Å². The van der Waals surface area contributed by atoms with E-state index >= 15 is 0 Å². The van der Waals surface area contributed by atoms with Crippen LogP contribution in [0.15, 0.2) is 41.5 Å². The van der Waals surface area contributed by atoms with Crippen molar-refractivity contribution in [1.29, 1.82) is 0 Å². The van der Waals surface area contributed by atoms with E-state index in [-0.39, 0.29) is 11.9 Å². The van der Waals surface area contributed by atoms with Crippen LogP contribution in [0, 0.1) is 0 Å². The molecule has 2 aliphatic heterocycles. The smallest absolute Gasteiger partial charge is 0.347 e. The lowest BCUT2D eigenvalue weighted by molar-refractivity contribution is 0.0984. The number of carbonyl (C=O) groups is 1. The summed E-state index contributed by atoms with van der Waals surface area (Å²) >= 11 is 0. The number of anilines is 2. The van der Waals surface area contributed by atoms with E-state index in [1.807, 2.05) is 24.3 Å². The van der Waals surface area contributed by atoms with Crippen LogP contribution in [0.1, 0.15) is 18.2 Å². The van der Waals surface area contributed by atoms with Crippen LogP contribution in [0.2, 0.25) is 0 Å². The summed E-state index contributed by atoms with van der Waals surface area (Å²) in [6.07, 6.45) is 3.11. The molecule has 33 heavy (non-hydrogen) atoms. The molecule has 4 rings (SSSR count). The van der Waals surface area contributed by atoms with E-state index in [1.54, 1.807) is 13.2 Å². The first kappa shape index (κ1) is 22.7. The van der Waals surface area contributed by atoms with Gasteiger partial charge < -0.3 is 26.0 Å². The Labute approximate surface area is 193 Å². The molecule has 1 atom stereocenters. The summed E-state index contributed by atoms with van der Waals surface area (Å²) in [6.45, 7) is 6.00. The zero-order valence-electron chi connectivity index (χ0n) is 19.2. The molecule has 10 heteroatoms. The number of urea groups is 1. The van der Waals surface area contributed by atoms with E-state index < -0.39 is 6.03 Å². The summed E-state index contributed by atoms with van der Waals surface area (Å²) < 4.78 is 5.62. The summed E-state index contributed by atoms with van der Waals surface area (Å²) in [4.78, 5) is 30.3. The van der Waals surface area contributed by atoms with Crippen molar-refractivity contribution in [3.63, 3.8) is 0 Å². The van der Waals surface area contributed by atoms with Gasteiger partial charge in [0.25, 0.3) is 0 Å². The Morgan fingerprint density at radius 1 is 1.27 bits per heavy atom. The maximum Gasteiger partial charge on any atom is 0.347 e. The quantitative estimate of drug-likeness (QED) is 0.467. The number of amides is 2. The van der Waals surface area contributed by atoms with Gasteiger partial charge in [-0.1, -0.05) is 0 Å². The first-order valence-corrected chi connectivity index (χ1v) is 11.0. The van der Waals surface area contributed by atoms with Gasteiger partial charge in [-0.15, -0.1) is 0 Å². The standard InChI is InChI=1S/C23H30N8O2/c1-15-14-33-11-10-31(15)22-18-12-30(3)13-19(18)27-21(29-22)16-4-6-17(7-5-16)26-23(32)28-20(24)8-9-25-2/h4-9,15,25H,10-14H2,1-3H3,(H3,24,26,28,32)/b9-8-. The van der Waals surface area contributed by atoms with Gasteiger partial charge in [0.05, 0.1) is 24.9 Å². The minimum atomic E-state index is -0.540. The Balaban J connectivity index is 1.57. The van der Waals surface area contributed by atoms with E-state index in [2.05, 4.69) is 39.4 Å². The largest absolute Gasteiger partial charge is 0.394 e. The van der Waals surface area contributed by atoms with Crippen LogP contribution in [-0.2, 0) is 17.8 Å². The lowest BCUT2D eigenvalue weighted by Crippen LogP contribution is -2.44. The normalized spacial score (nSPS) is 19.1. The summed E-state index contributed by atoms with van der Waals surface area (Å²) in [5, 5.41) is 5.51. The number of benzene rings is 1. The van der Waals surface area contributed by atoms with Crippen LogP contribution < -0.4 is 21.3 Å². The second-order valence-electron chi connectivity index (χ2n) is 8.25. The van der Waals surface area contributed by atoms with Crippen LogP contribution in [0.25, 0.3) is 11.4 Å². The zero-order chi connectivity index (χ0) is 23.4. The number of ether oxygens (including phenoxy) is 1. The van der Waals surface area contributed by atoms with Gasteiger partial charge in [-0.2, -0.15) is 4.99 Å². The van der Waals surface area contributed by atoms with Gasteiger partial charge in [0.2, 0.25) is 0 Å². The lowest BCUT2D eigenvalue weighted by atomic mass is 10.1. The highest BCUT2D eigenvalue weighted by atomic mass is 16.5. The fourth-order valence-electron chi connectivity index (χ4n) is 3.98. The van der Waals surface area contributed by atoms with Crippen molar-refractivity contribution in [2.75, 3.05) is 44.1 Å². The molecule has 2 aromatic rings. The third kappa shape index (κ3) is 5.29. The second-order valence-corrected chi connectivity index (χ2v) is 8.25. The molecule has 0 aliphatic carbocycles. The van der Waals surface area contributed by atoms with Crippen molar-refractivity contribution in [3.8, 4) is 11.4 Å². The number of carbonyl (C=O) groups excluding carboxylic acids is 1. The minimum Gasteiger partial charge on any atom is -0.394 e. The van der Waals surface area contributed by atoms with Gasteiger partial charge in [0, 0.05) is 43.5 Å². The topological polar surface area (TPSA) is 121 Å². The summed E-state index contributed by atoms with van der Waals surface area (Å²) in [5.41, 5.74) is 9.44. The zero-order valence-corrected chi connectivity index (χ0v) is 19.2. The molecular weight excluding hydrogens is 420 g/mol. The molecule has 4 N–H and O–H groups in total. The van der Waals surface area contributed by atoms with Crippen LogP contribution in [0.5, 0.6) is 0 Å². The first-order chi connectivity index (χ1) is 15.9. The number of hydrogen-bond acceptors (Lipinski definition) is 7. The maximum absolute atomic E-state index is 12.1. The third-order valence-corrected chi connectivity index (χ3v) is 5.60. The molecule has 1 saturated heterocycles. The maximum atomic E-state index is 12.1. The molecule has 2 amide bonds. The van der Waals surface area contributed by atoms with Crippen LogP contribution >= 0.6 is 0 Å². The van der Waals surface area contributed by atoms with E-state index in [4.69, 9.17) is 20.4 Å². The Kier molecular flexibility index (Phi) is 6.85. The number of fused-ring (bicyclic) bond motifs is 1. The monoisotopic (exact) mass is 450 g/mol. The van der Waals surface area contributed by atoms with Crippen molar-refractivity contribution < 1.29 is 9.53 Å². The van der Waals surface area contributed by atoms with E-state index in [9.17, 15) is 4.79 Å². The van der Waals surface area contributed by atoms with Crippen molar-refractivity contribution in [3.05, 3.63) is 47.8 Å². The predicted octanol–water partition coefficient (Wildman–Crippen LogP) is 1.94. The highest BCUT2D eigenvalue weighted by molar-refractivity contribution is 6.03. The number of aliphatic imine (C=N–C) groups is 1. The fraction of sp³-hybridized carbons (Fsp3) is 0.391. The Morgan fingerprint density at radius 3 is 2.79 bits per heavy atom. The fourth-order valence-corrected chi connectivity index (χ4v) is 3.98. The number of nitrogens with two attached hydrogens (primary N) is 1. The molecule has 1 aromatic heterocycles. The number of aromatic nitrogens is 2. The molecule has 0 saturated carbocycles. The molecule has 0 radical (unpaired) electrons. The van der Waals surface area contributed by atoms with Crippen molar-refractivity contribution in [2.24, 2.45) is 10.7 Å². The lowest BCUT2D eigenvalue weighted by Gasteiger charge is -2.35. The predicted molar refractivity (Wildman–Crippen MR) is 129 cm³/mol. The Hall–Kier alpha value is -3.50. The van der Waals surface area contributed by atoms with Gasteiger partial charge >= 0.3 is 6.03 Å². The van der Waals surface area contributed by atoms with Gasteiger partial charge in [0.1, 0.15) is 11.7 Å². The van der Waals surface area contributed by atoms with E-state index in [1.165, 1.54) is 11.6 Å². The molecule has 2 aliphatic rings. The average molecular weight is 451 g/mol. The number of hydrogen-bond donors (Lipinski definition) is 3. The highest BCUT2D eigenvalue weighted by Crippen LogP contribution is 2.33. The number of nitrogens with zero attached hydrogens (tertiary/aromatic N) is 5. The van der Waals surface area contributed by atoms with Crippen molar-refractivity contribution in [2.45, 2.75) is 26.1 Å². The first-order valence-electron chi connectivity index (χ1n) is 11.0. The summed E-state index contributed by atoms with van der Waals surface area (Å²) in [6, 6.07) is 7.13. The molecule has 1 fully saturated rings. The van der Waals surface area contributed by atoms with Crippen LogP contribution in [0.4, 0.5) is 16.3 Å². The molecule has 3 heterocycles.